The summed E-state index contributed by atoms with van der Waals surface area (Å²) in [5.41, 5.74) is 1.18. The molecular formula is C26H25F4N7O. The summed E-state index contributed by atoms with van der Waals surface area (Å²) in [6.07, 6.45) is 2.36. The van der Waals surface area contributed by atoms with Gasteiger partial charge in [0, 0.05) is 29.9 Å². The topological polar surface area (TPSA) is 81.9 Å². The van der Waals surface area contributed by atoms with Crippen molar-refractivity contribution in [3.8, 4) is 11.3 Å². The molecule has 2 fully saturated rings. The Kier molecular flexibility index (Phi) is 6.01. The first kappa shape index (κ1) is 24.7. The third-order valence-corrected chi connectivity index (χ3v) is 6.96. The molecule has 4 aromatic rings. The summed E-state index contributed by atoms with van der Waals surface area (Å²) in [5.74, 6) is -2.13. The highest BCUT2D eigenvalue weighted by molar-refractivity contribution is 5.88. The number of fused-ring (bicyclic) bond motifs is 1. The maximum absolute atomic E-state index is 15.0. The van der Waals surface area contributed by atoms with Crippen molar-refractivity contribution >= 4 is 17.1 Å². The van der Waals surface area contributed by atoms with Crippen LogP contribution in [-0.2, 0) is 4.74 Å². The quantitative estimate of drug-likeness (QED) is 0.321. The number of morpholine rings is 1. The fraction of sp³-hybridized carbons (Fsp3) is 0.423. The molecule has 38 heavy (non-hydrogen) atoms. The lowest BCUT2D eigenvalue weighted by molar-refractivity contribution is -0.0178. The lowest BCUT2D eigenvalue weighted by Gasteiger charge is -2.36. The molecule has 0 amide bonds. The first-order valence-corrected chi connectivity index (χ1v) is 12.4. The van der Waals surface area contributed by atoms with Gasteiger partial charge in [-0.1, -0.05) is 0 Å². The van der Waals surface area contributed by atoms with Crippen molar-refractivity contribution in [2.24, 2.45) is 0 Å². The van der Waals surface area contributed by atoms with Gasteiger partial charge in [-0.05, 0) is 39.7 Å². The molecule has 1 saturated carbocycles. The molecule has 0 unspecified atom stereocenters. The van der Waals surface area contributed by atoms with Gasteiger partial charge < -0.3 is 9.64 Å². The van der Waals surface area contributed by atoms with E-state index in [2.05, 4.69) is 25.0 Å². The zero-order valence-corrected chi connectivity index (χ0v) is 21.0. The average molecular weight is 528 g/mol. The number of aryl methyl sites for hydroxylation is 2. The van der Waals surface area contributed by atoms with E-state index in [9.17, 15) is 13.2 Å². The summed E-state index contributed by atoms with van der Waals surface area (Å²) in [6.45, 7) is 6.24. The SMILES string of the molecule is Cc1nc2nc(N3C[C@@H](C)O[C@H](c4cnn(C5CC5)c4)C3)nc(-c3cc(C(F)F)c(F)cc3F)c2nc1C. The molecular weight excluding hydrogens is 502 g/mol. The molecule has 4 heterocycles. The summed E-state index contributed by atoms with van der Waals surface area (Å²) in [7, 11) is 0. The van der Waals surface area contributed by atoms with E-state index in [1.807, 2.05) is 22.7 Å². The third kappa shape index (κ3) is 4.46. The fourth-order valence-corrected chi connectivity index (χ4v) is 4.70. The Hall–Kier alpha value is -3.67. The highest BCUT2D eigenvalue weighted by atomic mass is 19.3. The highest BCUT2D eigenvalue weighted by Crippen LogP contribution is 2.37. The molecule has 6 rings (SSSR count). The minimum Gasteiger partial charge on any atom is -0.367 e. The van der Waals surface area contributed by atoms with Crippen molar-refractivity contribution in [2.75, 3.05) is 18.0 Å². The van der Waals surface area contributed by atoms with E-state index in [1.54, 1.807) is 20.0 Å². The first-order chi connectivity index (χ1) is 18.2. The normalized spacial score (nSPS) is 20.1. The monoisotopic (exact) mass is 527 g/mol. The maximum atomic E-state index is 15.0. The van der Waals surface area contributed by atoms with E-state index in [-0.39, 0.29) is 40.6 Å². The van der Waals surface area contributed by atoms with E-state index in [0.717, 1.165) is 24.5 Å². The second-order valence-corrected chi connectivity index (χ2v) is 9.92. The maximum Gasteiger partial charge on any atom is 0.266 e. The van der Waals surface area contributed by atoms with Crippen molar-refractivity contribution in [3.63, 3.8) is 0 Å². The van der Waals surface area contributed by atoms with Crippen molar-refractivity contribution in [1.29, 1.82) is 0 Å². The lowest BCUT2D eigenvalue weighted by atomic mass is 10.1. The van der Waals surface area contributed by atoms with E-state index >= 15 is 4.39 Å². The van der Waals surface area contributed by atoms with Crippen molar-refractivity contribution in [3.05, 3.63) is 58.7 Å². The van der Waals surface area contributed by atoms with E-state index in [0.29, 0.717) is 36.6 Å². The number of hydrogen-bond acceptors (Lipinski definition) is 7. The van der Waals surface area contributed by atoms with Gasteiger partial charge in [-0.2, -0.15) is 10.1 Å². The Bertz CT molecular complexity index is 1540. The molecule has 0 spiro atoms. The highest BCUT2D eigenvalue weighted by Gasteiger charge is 2.32. The minimum absolute atomic E-state index is 0.0303. The molecule has 0 bridgehead atoms. The number of halogens is 4. The predicted molar refractivity (Wildman–Crippen MR) is 131 cm³/mol. The van der Waals surface area contributed by atoms with E-state index in [4.69, 9.17) is 4.74 Å². The number of anilines is 1. The lowest BCUT2D eigenvalue weighted by Crippen LogP contribution is -2.43. The number of nitrogens with zero attached hydrogens (tertiary/aromatic N) is 7. The molecule has 1 aliphatic heterocycles. The Morgan fingerprint density at radius 3 is 2.47 bits per heavy atom. The van der Waals surface area contributed by atoms with Crippen LogP contribution in [0.3, 0.4) is 0 Å². The van der Waals surface area contributed by atoms with Crippen LogP contribution in [0.1, 0.15) is 60.9 Å². The van der Waals surface area contributed by atoms with Gasteiger partial charge in [-0.25, -0.2) is 32.5 Å². The van der Waals surface area contributed by atoms with Crippen LogP contribution in [-0.4, -0.2) is 48.9 Å². The fourth-order valence-electron chi connectivity index (χ4n) is 4.70. The molecule has 0 radical (unpaired) electrons. The van der Waals surface area contributed by atoms with Gasteiger partial charge in [-0.3, -0.25) is 4.68 Å². The van der Waals surface area contributed by atoms with Crippen LogP contribution in [0.2, 0.25) is 0 Å². The smallest absolute Gasteiger partial charge is 0.266 e. The van der Waals surface area contributed by atoms with Crippen molar-refractivity contribution in [1.82, 2.24) is 29.7 Å². The van der Waals surface area contributed by atoms with Crippen LogP contribution >= 0.6 is 0 Å². The van der Waals surface area contributed by atoms with E-state index in [1.165, 1.54) is 0 Å². The first-order valence-electron chi connectivity index (χ1n) is 12.4. The molecule has 8 nitrogen and oxygen atoms in total. The van der Waals surface area contributed by atoms with Gasteiger partial charge in [0.25, 0.3) is 6.43 Å². The van der Waals surface area contributed by atoms with Gasteiger partial charge in [0.2, 0.25) is 5.95 Å². The van der Waals surface area contributed by atoms with Gasteiger partial charge in [0.1, 0.15) is 28.9 Å². The largest absolute Gasteiger partial charge is 0.367 e. The molecule has 1 aliphatic carbocycles. The number of aromatic nitrogens is 6. The number of hydrogen-bond donors (Lipinski definition) is 0. The standard InChI is InChI=1S/C26H25F4N7O/c1-12-9-36(11-21(38-12)15-8-31-37(10-15)16-4-5-16)26-34-22(23-25(35-26)33-14(3)13(2)32-23)17-6-18(24(29)30)20(28)7-19(17)27/h6-8,10,12,16,21,24H,4-5,9,11H2,1-3H3/t12-,21+/m1/s1. The van der Waals surface area contributed by atoms with Crippen molar-refractivity contribution in [2.45, 2.75) is 58.3 Å². The van der Waals surface area contributed by atoms with Crippen LogP contribution in [0.15, 0.2) is 24.5 Å². The second-order valence-electron chi connectivity index (χ2n) is 9.92. The summed E-state index contributed by atoms with van der Waals surface area (Å²) < 4.78 is 64.3. The second kappa shape index (κ2) is 9.26. The van der Waals surface area contributed by atoms with Crippen LogP contribution < -0.4 is 4.90 Å². The number of alkyl halides is 2. The number of rotatable bonds is 5. The number of ether oxygens (including phenoxy) is 1. The molecule has 198 valence electrons. The van der Waals surface area contributed by atoms with E-state index < -0.39 is 23.6 Å². The molecule has 2 atom stereocenters. The van der Waals surface area contributed by atoms with Gasteiger partial charge >= 0.3 is 0 Å². The average Bonchev–Trinajstić information content (AvgIpc) is 3.60. The van der Waals surface area contributed by atoms with Gasteiger partial charge in [0.15, 0.2) is 5.65 Å². The van der Waals surface area contributed by atoms with Crippen LogP contribution in [0.4, 0.5) is 23.5 Å². The Balaban J connectivity index is 1.46. The van der Waals surface area contributed by atoms with Gasteiger partial charge in [-0.15, -0.1) is 0 Å². The van der Waals surface area contributed by atoms with Crippen LogP contribution in [0.25, 0.3) is 22.4 Å². The van der Waals surface area contributed by atoms with Crippen molar-refractivity contribution < 1.29 is 22.3 Å². The Labute approximate surface area is 215 Å². The summed E-state index contributed by atoms with van der Waals surface area (Å²) in [5, 5.41) is 4.46. The predicted octanol–water partition coefficient (Wildman–Crippen LogP) is 5.42. The zero-order chi connectivity index (χ0) is 26.7. The zero-order valence-electron chi connectivity index (χ0n) is 21.0. The van der Waals surface area contributed by atoms with Crippen LogP contribution in [0.5, 0.6) is 0 Å². The third-order valence-electron chi connectivity index (χ3n) is 6.96. The Morgan fingerprint density at radius 2 is 1.74 bits per heavy atom. The summed E-state index contributed by atoms with van der Waals surface area (Å²) in [4.78, 5) is 20.1. The van der Waals surface area contributed by atoms with Gasteiger partial charge in [0.05, 0.1) is 41.8 Å². The number of benzene rings is 1. The summed E-state index contributed by atoms with van der Waals surface area (Å²) in [6, 6.07) is 1.67. The molecule has 2 aliphatic rings. The molecule has 0 N–H and O–H groups in total. The summed E-state index contributed by atoms with van der Waals surface area (Å²) >= 11 is 0. The molecule has 3 aromatic heterocycles. The minimum atomic E-state index is -3.13. The Morgan fingerprint density at radius 1 is 0.974 bits per heavy atom. The van der Waals surface area contributed by atoms with Crippen LogP contribution in [0, 0.1) is 25.5 Å². The molecule has 12 heteroatoms. The molecule has 1 aromatic carbocycles. The molecule has 1 saturated heterocycles.